The molecule has 2 rings (SSSR count). The third kappa shape index (κ3) is 4.82. The van der Waals surface area contributed by atoms with Gasteiger partial charge in [-0.1, -0.05) is 24.3 Å². The van der Waals surface area contributed by atoms with Crippen LogP contribution in [-0.2, 0) is 16.8 Å². The maximum absolute atomic E-state index is 12.3. The van der Waals surface area contributed by atoms with E-state index < -0.39 is 11.5 Å². The highest BCUT2D eigenvalue weighted by atomic mass is 16.5. The molecule has 2 aromatic rings. The number of anilines is 1. The molecule has 0 aliphatic rings. The molecule has 0 saturated heterocycles. The van der Waals surface area contributed by atoms with Crippen molar-refractivity contribution in [1.29, 1.82) is 5.26 Å². The van der Waals surface area contributed by atoms with Crippen molar-refractivity contribution < 1.29 is 14.6 Å². The zero-order chi connectivity index (χ0) is 18.4. The van der Waals surface area contributed by atoms with Gasteiger partial charge in [0.15, 0.2) is 6.10 Å². The summed E-state index contributed by atoms with van der Waals surface area (Å²) < 4.78 is 5.62. The number of hydrogen-bond acceptors (Lipinski definition) is 4. The molecule has 1 atom stereocenters. The minimum atomic E-state index is -0.691. The second kappa shape index (κ2) is 7.82. The van der Waals surface area contributed by atoms with Crippen molar-refractivity contribution in [1.82, 2.24) is 0 Å². The number of carbonyl (C=O) groups is 1. The molecule has 0 spiro atoms. The molecule has 0 aliphatic carbocycles. The Balaban J connectivity index is 2.00. The maximum atomic E-state index is 12.3. The van der Waals surface area contributed by atoms with Gasteiger partial charge in [0.05, 0.1) is 18.1 Å². The van der Waals surface area contributed by atoms with Crippen molar-refractivity contribution >= 4 is 11.6 Å². The lowest BCUT2D eigenvalue weighted by molar-refractivity contribution is -0.122. The fraction of sp³-hybridized carbons (Fsp3) is 0.300. The van der Waals surface area contributed by atoms with Crippen molar-refractivity contribution in [2.45, 2.75) is 38.9 Å². The standard InChI is InChI=1S/C20H22N2O3/c1-14(25-18-6-4-5-15(11-18)12-23)19(24)22-17-9-7-16(8-10-17)20(2,3)13-21/h4-11,14,23H,12H2,1-3H3,(H,22,24). The summed E-state index contributed by atoms with van der Waals surface area (Å²) >= 11 is 0. The van der Waals surface area contributed by atoms with E-state index in [0.29, 0.717) is 11.4 Å². The van der Waals surface area contributed by atoms with Crippen molar-refractivity contribution in [3.8, 4) is 11.8 Å². The van der Waals surface area contributed by atoms with Crippen LogP contribution in [0.4, 0.5) is 5.69 Å². The Labute approximate surface area is 147 Å². The minimum absolute atomic E-state index is 0.0802. The SMILES string of the molecule is CC(Oc1cccc(CO)c1)C(=O)Nc1ccc(C(C)(C)C#N)cc1. The quantitative estimate of drug-likeness (QED) is 0.846. The molecular formula is C20H22N2O3. The zero-order valence-corrected chi connectivity index (χ0v) is 14.6. The molecular weight excluding hydrogens is 316 g/mol. The highest BCUT2D eigenvalue weighted by molar-refractivity contribution is 5.94. The number of benzene rings is 2. The third-order valence-electron chi connectivity index (χ3n) is 3.92. The lowest BCUT2D eigenvalue weighted by Gasteiger charge is -2.17. The molecule has 0 radical (unpaired) electrons. The van der Waals surface area contributed by atoms with Crippen LogP contribution in [0, 0.1) is 11.3 Å². The van der Waals surface area contributed by atoms with E-state index in [1.54, 1.807) is 43.3 Å². The molecule has 130 valence electrons. The number of aliphatic hydroxyl groups is 1. The summed E-state index contributed by atoms with van der Waals surface area (Å²) in [6.07, 6.45) is -0.691. The third-order valence-corrected chi connectivity index (χ3v) is 3.92. The molecule has 5 heteroatoms. The minimum Gasteiger partial charge on any atom is -0.481 e. The molecule has 0 aliphatic heterocycles. The summed E-state index contributed by atoms with van der Waals surface area (Å²) in [6.45, 7) is 5.27. The number of rotatable bonds is 6. The highest BCUT2D eigenvalue weighted by Crippen LogP contribution is 2.23. The van der Waals surface area contributed by atoms with E-state index in [1.807, 2.05) is 26.0 Å². The first-order valence-electron chi connectivity index (χ1n) is 8.05. The fourth-order valence-electron chi connectivity index (χ4n) is 2.25. The Hall–Kier alpha value is -2.84. The van der Waals surface area contributed by atoms with Gasteiger partial charge in [-0.25, -0.2) is 0 Å². The molecule has 0 aromatic heterocycles. The van der Waals surface area contributed by atoms with Crippen LogP contribution in [0.25, 0.3) is 0 Å². The molecule has 2 N–H and O–H groups in total. The lowest BCUT2D eigenvalue weighted by atomic mass is 9.86. The molecule has 2 aromatic carbocycles. The van der Waals surface area contributed by atoms with Gasteiger partial charge < -0.3 is 15.2 Å². The van der Waals surface area contributed by atoms with E-state index in [1.165, 1.54) is 0 Å². The molecule has 1 amide bonds. The first-order chi connectivity index (χ1) is 11.9. The Kier molecular flexibility index (Phi) is 5.79. The molecule has 0 fully saturated rings. The normalized spacial score (nSPS) is 12.1. The monoisotopic (exact) mass is 338 g/mol. The smallest absolute Gasteiger partial charge is 0.265 e. The molecule has 0 heterocycles. The van der Waals surface area contributed by atoms with E-state index in [0.717, 1.165) is 11.1 Å². The summed E-state index contributed by atoms with van der Waals surface area (Å²) in [5, 5.41) is 21.1. The number of nitriles is 1. The Morgan fingerprint density at radius 2 is 1.96 bits per heavy atom. The average Bonchev–Trinajstić information content (AvgIpc) is 2.62. The van der Waals surface area contributed by atoms with Crippen LogP contribution in [-0.4, -0.2) is 17.1 Å². The molecule has 0 bridgehead atoms. The highest BCUT2D eigenvalue weighted by Gasteiger charge is 2.20. The molecule has 5 nitrogen and oxygen atoms in total. The fourth-order valence-corrected chi connectivity index (χ4v) is 2.25. The number of hydrogen-bond donors (Lipinski definition) is 2. The van der Waals surface area contributed by atoms with Gasteiger partial charge in [0, 0.05) is 5.69 Å². The lowest BCUT2D eigenvalue weighted by Crippen LogP contribution is -2.30. The van der Waals surface area contributed by atoms with Crippen LogP contribution in [0.2, 0.25) is 0 Å². The number of nitrogens with zero attached hydrogens (tertiary/aromatic N) is 1. The number of nitrogens with one attached hydrogen (secondary N) is 1. The molecule has 1 unspecified atom stereocenters. The van der Waals surface area contributed by atoms with Gasteiger partial charge in [-0.3, -0.25) is 4.79 Å². The van der Waals surface area contributed by atoms with Crippen LogP contribution < -0.4 is 10.1 Å². The van der Waals surface area contributed by atoms with Crippen LogP contribution in [0.15, 0.2) is 48.5 Å². The summed E-state index contributed by atoms with van der Waals surface area (Å²) in [5.41, 5.74) is 1.68. The van der Waals surface area contributed by atoms with E-state index in [2.05, 4.69) is 11.4 Å². The second-order valence-corrected chi connectivity index (χ2v) is 6.37. The predicted molar refractivity (Wildman–Crippen MR) is 96.2 cm³/mol. The van der Waals surface area contributed by atoms with Crippen molar-refractivity contribution in [2.75, 3.05) is 5.32 Å². The largest absolute Gasteiger partial charge is 0.481 e. The van der Waals surface area contributed by atoms with Gasteiger partial charge in [-0.15, -0.1) is 0 Å². The molecule has 0 saturated carbocycles. The first kappa shape index (κ1) is 18.5. The summed E-state index contributed by atoms with van der Waals surface area (Å²) in [6, 6.07) is 16.4. The Morgan fingerprint density at radius 3 is 2.56 bits per heavy atom. The van der Waals surface area contributed by atoms with Crippen molar-refractivity contribution in [3.63, 3.8) is 0 Å². The van der Waals surface area contributed by atoms with E-state index in [-0.39, 0.29) is 12.5 Å². The van der Waals surface area contributed by atoms with Gasteiger partial charge >= 0.3 is 0 Å². The van der Waals surface area contributed by atoms with Crippen LogP contribution >= 0.6 is 0 Å². The second-order valence-electron chi connectivity index (χ2n) is 6.37. The summed E-state index contributed by atoms with van der Waals surface area (Å²) in [5.74, 6) is 0.252. The topological polar surface area (TPSA) is 82.3 Å². The van der Waals surface area contributed by atoms with E-state index in [9.17, 15) is 4.79 Å². The van der Waals surface area contributed by atoms with Gasteiger partial charge in [-0.05, 0) is 56.2 Å². The van der Waals surface area contributed by atoms with Crippen LogP contribution in [0.1, 0.15) is 31.9 Å². The van der Waals surface area contributed by atoms with Crippen LogP contribution in [0.3, 0.4) is 0 Å². The predicted octanol–water partition coefficient (Wildman–Crippen LogP) is 3.39. The van der Waals surface area contributed by atoms with Gasteiger partial charge in [0.1, 0.15) is 5.75 Å². The van der Waals surface area contributed by atoms with E-state index in [4.69, 9.17) is 15.1 Å². The average molecular weight is 338 g/mol. The van der Waals surface area contributed by atoms with Crippen molar-refractivity contribution in [3.05, 3.63) is 59.7 Å². The first-order valence-corrected chi connectivity index (χ1v) is 8.05. The summed E-state index contributed by atoms with van der Waals surface area (Å²) in [4.78, 5) is 12.3. The van der Waals surface area contributed by atoms with Gasteiger partial charge in [-0.2, -0.15) is 5.26 Å². The van der Waals surface area contributed by atoms with Gasteiger partial charge in [0.2, 0.25) is 0 Å². The zero-order valence-electron chi connectivity index (χ0n) is 14.6. The number of ether oxygens (including phenoxy) is 1. The van der Waals surface area contributed by atoms with Crippen molar-refractivity contribution in [2.24, 2.45) is 0 Å². The summed E-state index contributed by atoms with van der Waals surface area (Å²) in [7, 11) is 0. The number of aliphatic hydroxyl groups excluding tert-OH is 1. The van der Waals surface area contributed by atoms with E-state index >= 15 is 0 Å². The Bertz CT molecular complexity index is 776. The number of amides is 1. The number of carbonyl (C=O) groups excluding carboxylic acids is 1. The van der Waals surface area contributed by atoms with Crippen LogP contribution in [0.5, 0.6) is 5.75 Å². The maximum Gasteiger partial charge on any atom is 0.265 e. The molecule has 25 heavy (non-hydrogen) atoms. The van der Waals surface area contributed by atoms with Gasteiger partial charge in [0.25, 0.3) is 5.91 Å². The Morgan fingerprint density at radius 1 is 1.28 bits per heavy atom.